The summed E-state index contributed by atoms with van der Waals surface area (Å²) in [5.74, 6) is -1.23. The van der Waals surface area contributed by atoms with E-state index in [1.807, 2.05) is 12.3 Å². The molecule has 0 saturated carbocycles. The number of carbonyl (C=O) groups is 2. The van der Waals surface area contributed by atoms with E-state index in [1.165, 1.54) is 11.8 Å². The Bertz CT molecular complexity index is 451. The average Bonchev–Trinajstić information content (AvgIpc) is 2.39. The summed E-state index contributed by atoms with van der Waals surface area (Å²) >= 11 is 1.42. The van der Waals surface area contributed by atoms with E-state index >= 15 is 0 Å². The topological polar surface area (TPSA) is 61.2 Å². The van der Waals surface area contributed by atoms with Gasteiger partial charge in [0, 0.05) is 4.90 Å². The lowest BCUT2D eigenvalue weighted by Crippen LogP contribution is -2.36. The highest BCUT2D eigenvalue weighted by atomic mass is 32.2. The summed E-state index contributed by atoms with van der Waals surface area (Å²) in [4.78, 5) is 25.0. The third-order valence-corrected chi connectivity index (χ3v) is 2.85. The number of nitrogens with one attached hydrogen (secondary N) is 1. The van der Waals surface area contributed by atoms with Crippen LogP contribution < -0.4 is 4.90 Å². The lowest BCUT2D eigenvalue weighted by atomic mass is 10.2. The molecule has 0 aliphatic carbocycles. The van der Waals surface area contributed by atoms with Crippen LogP contribution in [0.3, 0.4) is 0 Å². The number of para-hydroxylation sites is 1. The van der Waals surface area contributed by atoms with E-state index < -0.39 is 11.8 Å². The first-order chi connectivity index (χ1) is 8.15. The molecule has 17 heavy (non-hydrogen) atoms. The molecule has 0 heterocycles. The molecule has 5 heteroatoms. The van der Waals surface area contributed by atoms with Crippen molar-refractivity contribution in [3.63, 3.8) is 0 Å². The summed E-state index contributed by atoms with van der Waals surface area (Å²) in [6.07, 6.45) is 3.52. The number of amides is 2. The molecule has 0 bridgehead atoms. The van der Waals surface area contributed by atoms with Crippen LogP contribution in [0.25, 0.3) is 0 Å². The van der Waals surface area contributed by atoms with Gasteiger partial charge >= 0.3 is 0 Å². The predicted octanol–water partition coefficient (Wildman–Crippen LogP) is 2.10. The lowest BCUT2D eigenvalue weighted by Gasteiger charge is -2.19. The van der Waals surface area contributed by atoms with Crippen molar-refractivity contribution < 1.29 is 9.59 Å². The Kier molecular flexibility index (Phi) is 4.66. The maximum Gasteiger partial charge on any atom is 0.275 e. The highest BCUT2D eigenvalue weighted by Crippen LogP contribution is 2.28. The van der Waals surface area contributed by atoms with Crippen LogP contribution in [0.1, 0.15) is 0 Å². The van der Waals surface area contributed by atoms with Gasteiger partial charge in [-0.15, -0.1) is 11.8 Å². The van der Waals surface area contributed by atoms with Crippen molar-refractivity contribution in [3.8, 4) is 0 Å². The summed E-state index contributed by atoms with van der Waals surface area (Å²) in [6.45, 7) is 3.35. The van der Waals surface area contributed by atoms with E-state index in [2.05, 4.69) is 6.58 Å². The molecule has 1 aromatic rings. The number of nitrogens with zero attached hydrogens (tertiary/aromatic N) is 1. The minimum absolute atomic E-state index is 0.471. The van der Waals surface area contributed by atoms with Crippen molar-refractivity contribution >= 4 is 35.5 Å². The molecule has 2 amide bonds. The summed E-state index contributed by atoms with van der Waals surface area (Å²) in [5, 5.41) is 6.97. The first-order valence-corrected chi connectivity index (χ1v) is 6.02. The van der Waals surface area contributed by atoms with Crippen LogP contribution in [0.5, 0.6) is 0 Å². The standard InChI is InChI=1S/C12H12N2O2S/c1-3-11(15)14(12(16)8-13)9-6-4-5-7-10(9)17-2/h3-8,13H,1H2,2H3. The lowest BCUT2D eigenvalue weighted by molar-refractivity contribution is -0.120. The van der Waals surface area contributed by atoms with Gasteiger partial charge in [0.2, 0.25) is 0 Å². The van der Waals surface area contributed by atoms with E-state index in [9.17, 15) is 9.59 Å². The predicted molar refractivity (Wildman–Crippen MR) is 69.7 cm³/mol. The van der Waals surface area contributed by atoms with Crippen molar-refractivity contribution in [3.05, 3.63) is 36.9 Å². The van der Waals surface area contributed by atoms with Crippen molar-refractivity contribution in [2.75, 3.05) is 11.2 Å². The SMILES string of the molecule is C=CC(=O)N(C(=O)C=N)c1ccccc1SC. The maximum absolute atomic E-state index is 11.7. The van der Waals surface area contributed by atoms with E-state index in [0.717, 1.165) is 15.9 Å². The Morgan fingerprint density at radius 1 is 1.35 bits per heavy atom. The van der Waals surface area contributed by atoms with Crippen molar-refractivity contribution in [1.82, 2.24) is 0 Å². The number of hydrogen-bond donors (Lipinski definition) is 1. The van der Waals surface area contributed by atoms with Gasteiger partial charge in [-0.1, -0.05) is 18.7 Å². The fourth-order valence-corrected chi connectivity index (χ4v) is 1.90. The molecule has 0 atom stereocenters. The second-order valence-corrected chi connectivity index (χ2v) is 3.88. The fraction of sp³-hybridized carbons (Fsp3) is 0.0833. The van der Waals surface area contributed by atoms with Crippen LogP contribution in [-0.4, -0.2) is 24.3 Å². The molecule has 88 valence electrons. The van der Waals surface area contributed by atoms with Gasteiger partial charge in [0.15, 0.2) is 0 Å². The molecule has 4 nitrogen and oxygen atoms in total. The van der Waals surface area contributed by atoms with Gasteiger partial charge in [0.05, 0.1) is 11.9 Å². The average molecular weight is 248 g/mol. The quantitative estimate of drug-likeness (QED) is 0.504. The molecule has 0 fully saturated rings. The molecular formula is C12H12N2O2S. The monoisotopic (exact) mass is 248 g/mol. The molecule has 0 spiro atoms. The highest BCUT2D eigenvalue weighted by molar-refractivity contribution is 7.98. The first-order valence-electron chi connectivity index (χ1n) is 4.79. The molecular weight excluding hydrogens is 236 g/mol. The Morgan fingerprint density at radius 2 is 2.00 bits per heavy atom. The number of carbonyl (C=O) groups excluding carboxylic acids is 2. The Morgan fingerprint density at radius 3 is 2.53 bits per heavy atom. The van der Waals surface area contributed by atoms with Gasteiger partial charge in [-0.05, 0) is 24.5 Å². The minimum atomic E-state index is -0.684. The molecule has 0 aliphatic rings. The summed E-state index contributed by atoms with van der Waals surface area (Å²) < 4.78 is 0. The van der Waals surface area contributed by atoms with E-state index in [1.54, 1.807) is 18.2 Å². The van der Waals surface area contributed by atoms with Crippen LogP contribution in [-0.2, 0) is 9.59 Å². The fourth-order valence-electron chi connectivity index (χ4n) is 1.32. The molecule has 1 N–H and O–H groups in total. The Hall–Kier alpha value is -1.88. The molecule has 1 rings (SSSR count). The Labute approximate surface area is 104 Å². The van der Waals surface area contributed by atoms with Crippen molar-refractivity contribution in [2.45, 2.75) is 4.90 Å². The zero-order valence-corrected chi connectivity index (χ0v) is 10.2. The van der Waals surface area contributed by atoms with Gasteiger partial charge in [0.1, 0.15) is 0 Å². The number of thioether (sulfide) groups is 1. The summed E-state index contributed by atoms with van der Waals surface area (Å²) in [5.41, 5.74) is 0.471. The van der Waals surface area contributed by atoms with Gasteiger partial charge in [-0.3, -0.25) is 9.59 Å². The summed E-state index contributed by atoms with van der Waals surface area (Å²) in [6, 6.07) is 7.02. The van der Waals surface area contributed by atoms with Crippen LogP contribution >= 0.6 is 11.8 Å². The second kappa shape index (κ2) is 6.00. The van der Waals surface area contributed by atoms with Crippen molar-refractivity contribution in [1.29, 1.82) is 5.41 Å². The van der Waals surface area contributed by atoms with Crippen LogP contribution in [0.4, 0.5) is 5.69 Å². The maximum atomic E-state index is 11.7. The first kappa shape index (κ1) is 13.2. The molecule has 0 aromatic heterocycles. The largest absolute Gasteiger partial charge is 0.303 e. The molecule has 0 aliphatic heterocycles. The summed E-state index contributed by atoms with van der Waals surface area (Å²) in [7, 11) is 0. The van der Waals surface area contributed by atoms with Gasteiger partial charge in [0.25, 0.3) is 11.8 Å². The van der Waals surface area contributed by atoms with E-state index in [4.69, 9.17) is 5.41 Å². The van der Waals surface area contributed by atoms with Gasteiger partial charge in [-0.25, -0.2) is 4.90 Å². The van der Waals surface area contributed by atoms with Crippen LogP contribution in [0, 0.1) is 5.41 Å². The van der Waals surface area contributed by atoms with Gasteiger partial charge in [-0.2, -0.15) is 0 Å². The van der Waals surface area contributed by atoms with E-state index in [0.29, 0.717) is 11.9 Å². The normalized spacial score (nSPS) is 9.47. The molecule has 0 saturated heterocycles. The smallest absolute Gasteiger partial charge is 0.275 e. The van der Waals surface area contributed by atoms with Crippen LogP contribution in [0.2, 0.25) is 0 Å². The molecule has 0 radical (unpaired) electrons. The number of hydrogen-bond acceptors (Lipinski definition) is 4. The Balaban J connectivity index is 3.30. The second-order valence-electron chi connectivity index (χ2n) is 3.03. The van der Waals surface area contributed by atoms with Gasteiger partial charge < -0.3 is 5.41 Å². The number of anilines is 1. The number of imide groups is 1. The zero-order valence-electron chi connectivity index (χ0n) is 9.34. The molecule has 0 unspecified atom stereocenters. The number of benzene rings is 1. The third-order valence-electron chi connectivity index (χ3n) is 2.06. The number of rotatable bonds is 4. The van der Waals surface area contributed by atoms with Crippen molar-refractivity contribution in [2.24, 2.45) is 0 Å². The van der Waals surface area contributed by atoms with Crippen LogP contribution in [0.15, 0.2) is 41.8 Å². The minimum Gasteiger partial charge on any atom is -0.303 e. The van der Waals surface area contributed by atoms with E-state index in [-0.39, 0.29) is 0 Å². The zero-order chi connectivity index (χ0) is 12.8. The molecule has 1 aromatic carbocycles. The highest BCUT2D eigenvalue weighted by Gasteiger charge is 2.21. The third kappa shape index (κ3) is 2.82.